The third-order valence-electron chi connectivity index (χ3n) is 2.53. The summed E-state index contributed by atoms with van der Waals surface area (Å²) in [5, 5.41) is 10.5. The third kappa shape index (κ3) is 2.31. The molecule has 0 atom stereocenters. The molecule has 0 aliphatic rings. The van der Waals surface area contributed by atoms with Gasteiger partial charge in [0.05, 0.1) is 12.7 Å². The van der Waals surface area contributed by atoms with Crippen LogP contribution in [0.4, 0.5) is 0 Å². The summed E-state index contributed by atoms with van der Waals surface area (Å²) in [5.41, 5.74) is 2.38. The van der Waals surface area contributed by atoms with Crippen molar-refractivity contribution in [2.45, 2.75) is 6.92 Å². The number of rotatable bonds is 3. The zero-order valence-corrected chi connectivity index (χ0v) is 10.4. The van der Waals surface area contributed by atoms with Gasteiger partial charge >= 0.3 is 5.97 Å². The number of carboxylic acids is 1. The van der Waals surface area contributed by atoms with E-state index in [1.54, 1.807) is 18.6 Å². The van der Waals surface area contributed by atoms with Crippen LogP contribution < -0.4 is 4.74 Å². The first-order chi connectivity index (χ1) is 8.11. The summed E-state index contributed by atoms with van der Waals surface area (Å²) in [6, 6.07) is 7.51. The van der Waals surface area contributed by atoms with E-state index in [0.29, 0.717) is 5.56 Å². The maximum Gasteiger partial charge on any atom is 0.336 e. The Kier molecular flexibility index (Phi) is 3.15. The molecule has 4 heteroatoms. The van der Waals surface area contributed by atoms with Crippen LogP contribution in [0.2, 0.25) is 0 Å². The molecule has 2 aromatic rings. The molecular weight excluding hydrogens is 236 g/mol. The van der Waals surface area contributed by atoms with E-state index in [4.69, 9.17) is 9.84 Å². The number of aromatic carboxylic acids is 1. The molecule has 88 valence electrons. The summed E-state index contributed by atoms with van der Waals surface area (Å²) in [6.45, 7) is 1.97. The summed E-state index contributed by atoms with van der Waals surface area (Å²) >= 11 is 1.43. The average Bonchev–Trinajstić information content (AvgIpc) is 2.78. The van der Waals surface area contributed by atoms with Crippen molar-refractivity contribution in [2.24, 2.45) is 0 Å². The first-order valence-electron chi connectivity index (χ1n) is 5.08. The van der Waals surface area contributed by atoms with Gasteiger partial charge < -0.3 is 9.84 Å². The van der Waals surface area contributed by atoms with E-state index < -0.39 is 5.97 Å². The largest absolute Gasteiger partial charge is 0.496 e. The molecular formula is C13H12O3S. The summed E-state index contributed by atoms with van der Waals surface area (Å²) in [7, 11) is 1.63. The van der Waals surface area contributed by atoms with Crippen molar-refractivity contribution in [3.63, 3.8) is 0 Å². The minimum absolute atomic E-state index is 0.332. The quantitative estimate of drug-likeness (QED) is 0.905. The predicted octanol–water partition coefficient (Wildman–Crippen LogP) is 3.43. The van der Waals surface area contributed by atoms with Crippen LogP contribution in [0.25, 0.3) is 10.4 Å². The molecule has 1 aromatic carbocycles. The van der Waals surface area contributed by atoms with Crippen LogP contribution in [0.5, 0.6) is 5.75 Å². The number of ether oxygens (including phenoxy) is 1. The fourth-order valence-electron chi connectivity index (χ4n) is 1.63. The van der Waals surface area contributed by atoms with Gasteiger partial charge in [-0.05, 0) is 42.3 Å². The Balaban J connectivity index is 2.39. The SMILES string of the molecule is COc1ccc(-c2cc(C(=O)O)cs2)cc1C. The molecule has 0 aliphatic carbocycles. The van der Waals surface area contributed by atoms with E-state index in [2.05, 4.69) is 0 Å². The zero-order chi connectivity index (χ0) is 12.4. The Morgan fingerprint density at radius 3 is 2.65 bits per heavy atom. The van der Waals surface area contributed by atoms with Gasteiger partial charge in [-0.15, -0.1) is 11.3 Å². The number of hydrogen-bond donors (Lipinski definition) is 1. The second-order valence-electron chi connectivity index (χ2n) is 3.69. The Hall–Kier alpha value is -1.81. The van der Waals surface area contributed by atoms with Gasteiger partial charge in [0.1, 0.15) is 5.75 Å². The molecule has 3 nitrogen and oxygen atoms in total. The molecule has 1 aromatic heterocycles. The molecule has 2 rings (SSSR count). The smallest absolute Gasteiger partial charge is 0.336 e. The van der Waals surface area contributed by atoms with Crippen LogP contribution in [-0.2, 0) is 0 Å². The second kappa shape index (κ2) is 4.59. The van der Waals surface area contributed by atoms with Gasteiger partial charge in [0.25, 0.3) is 0 Å². The van der Waals surface area contributed by atoms with E-state index in [1.807, 2.05) is 25.1 Å². The topological polar surface area (TPSA) is 46.5 Å². The average molecular weight is 248 g/mol. The van der Waals surface area contributed by atoms with Crippen LogP contribution in [0.15, 0.2) is 29.6 Å². The fraction of sp³-hybridized carbons (Fsp3) is 0.154. The zero-order valence-electron chi connectivity index (χ0n) is 9.56. The first-order valence-corrected chi connectivity index (χ1v) is 5.96. The lowest BCUT2D eigenvalue weighted by Crippen LogP contribution is -1.91. The lowest BCUT2D eigenvalue weighted by Gasteiger charge is -2.05. The highest BCUT2D eigenvalue weighted by Gasteiger charge is 2.09. The monoisotopic (exact) mass is 248 g/mol. The number of aryl methyl sites for hydroxylation is 1. The normalized spacial score (nSPS) is 10.2. The highest BCUT2D eigenvalue weighted by atomic mass is 32.1. The number of hydrogen-bond acceptors (Lipinski definition) is 3. The second-order valence-corrected chi connectivity index (χ2v) is 4.60. The lowest BCUT2D eigenvalue weighted by atomic mass is 10.1. The number of methoxy groups -OCH3 is 1. The van der Waals surface area contributed by atoms with Crippen LogP contribution in [0.1, 0.15) is 15.9 Å². The molecule has 0 saturated heterocycles. The van der Waals surface area contributed by atoms with E-state index in [1.165, 1.54) is 11.3 Å². The predicted molar refractivity (Wildman–Crippen MR) is 68.0 cm³/mol. The van der Waals surface area contributed by atoms with Gasteiger partial charge in [0.2, 0.25) is 0 Å². The molecule has 0 bridgehead atoms. The summed E-state index contributed by atoms with van der Waals surface area (Å²) in [5.74, 6) is -0.0542. The Labute approximate surface area is 103 Å². The third-order valence-corrected chi connectivity index (χ3v) is 3.51. The molecule has 0 radical (unpaired) electrons. The molecule has 0 saturated carbocycles. The summed E-state index contributed by atoms with van der Waals surface area (Å²) in [6.07, 6.45) is 0. The van der Waals surface area contributed by atoms with Crippen molar-refractivity contribution in [1.82, 2.24) is 0 Å². The van der Waals surface area contributed by atoms with Crippen LogP contribution in [0, 0.1) is 6.92 Å². The highest BCUT2D eigenvalue weighted by Crippen LogP contribution is 2.30. The Morgan fingerprint density at radius 1 is 1.35 bits per heavy atom. The van der Waals surface area contributed by atoms with Crippen molar-refractivity contribution in [1.29, 1.82) is 0 Å². The van der Waals surface area contributed by atoms with Crippen molar-refractivity contribution < 1.29 is 14.6 Å². The maximum atomic E-state index is 10.8. The molecule has 0 amide bonds. The maximum absolute atomic E-state index is 10.8. The molecule has 1 heterocycles. The van der Waals surface area contributed by atoms with Crippen LogP contribution in [-0.4, -0.2) is 18.2 Å². The van der Waals surface area contributed by atoms with Crippen molar-refractivity contribution >= 4 is 17.3 Å². The molecule has 0 spiro atoms. The molecule has 1 N–H and O–H groups in total. The van der Waals surface area contributed by atoms with Crippen molar-refractivity contribution in [3.05, 3.63) is 40.8 Å². The fourth-order valence-corrected chi connectivity index (χ4v) is 2.51. The van der Waals surface area contributed by atoms with E-state index in [-0.39, 0.29) is 0 Å². The summed E-state index contributed by atoms with van der Waals surface area (Å²) in [4.78, 5) is 11.8. The standard InChI is InChI=1S/C13H12O3S/c1-8-5-9(3-4-11(8)16-2)12-6-10(7-17-12)13(14)15/h3-7H,1-2H3,(H,14,15). The van der Waals surface area contributed by atoms with Crippen LogP contribution in [0.3, 0.4) is 0 Å². The van der Waals surface area contributed by atoms with E-state index in [0.717, 1.165) is 21.8 Å². The Morgan fingerprint density at radius 2 is 2.12 bits per heavy atom. The minimum atomic E-state index is -0.891. The van der Waals surface area contributed by atoms with Crippen molar-refractivity contribution in [3.8, 4) is 16.2 Å². The van der Waals surface area contributed by atoms with Gasteiger partial charge in [0.15, 0.2) is 0 Å². The number of thiophene rings is 1. The van der Waals surface area contributed by atoms with Crippen molar-refractivity contribution in [2.75, 3.05) is 7.11 Å². The van der Waals surface area contributed by atoms with E-state index >= 15 is 0 Å². The van der Waals surface area contributed by atoms with Crippen LogP contribution >= 0.6 is 11.3 Å². The van der Waals surface area contributed by atoms with Gasteiger partial charge in [-0.3, -0.25) is 0 Å². The summed E-state index contributed by atoms with van der Waals surface area (Å²) < 4.78 is 5.19. The Bertz CT molecular complexity index is 558. The molecule has 17 heavy (non-hydrogen) atoms. The number of carbonyl (C=O) groups is 1. The molecule has 0 aliphatic heterocycles. The van der Waals surface area contributed by atoms with Gasteiger partial charge in [0, 0.05) is 10.3 Å². The minimum Gasteiger partial charge on any atom is -0.496 e. The van der Waals surface area contributed by atoms with Gasteiger partial charge in [-0.2, -0.15) is 0 Å². The molecule has 0 fully saturated rings. The number of carboxylic acid groups (broad SMARTS) is 1. The molecule has 0 unspecified atom stereocenters. The van der Waals surface area contributed by atoms with Gasteiger partial charge in [-0.1, -0.05) is 0 Å². The number of benzene rings is 1. The lowest BCUT2D eigenvalue weighted by molar-refractivity contribution is 0.0697. The highest BCUT2D eigenvalue weighted by molar-refractivity contribution is 7.13. The van der Waals surface area contributed by atoms with E-state index in [9.17, 15) is 4.79 Å². The first kappa shape index (κ1) is 11.7. The van der Waals surface area contributed by atoms with Gasteiger partial charge in [-0.25, -0.2) is 4.79 Å².